The van der Waals surface area contributed by atoms with E-state index in [2.05, 4.69) is 11.8 Å². The maximum absolute atomic E-state index is 13.2. The van der Waals surface area contributed by atoms with E-state index < -0.39 is 0 Å². The van der Waals surface area contributed by atoms with E-state index >= 15 is 0 Å². The number of hydrogen-bond donors (Lipinski definition) is 0. The van der Waals surface area contributed by atoms with E-state index in [4.69, 9.17) is 19.4 Å². The fraction of sp³-hybridized carbons (Fsp3) is 0.609. The maximum atomic E-state index is 13.2. The Hall–Kier alpha value is -2.41. The molecule has 4 rings (SSSR count). The second-order valence-electron chi connectivity index (χ2n) is 8.29. The molecule has 162 valence electrons. The molecule has 0 bridgehead atoms. The smallest absolute Gasteiger partial charge is 0.227 e. The molecule has 1 aromatic heterocycles. The lowest BCUT2D eigenvalue weighted by Crippen LogP contribution is -2.47. The van der Waals surface area contributed by atoms with Crippen LogP contribution >= 0.6 is 0 Å². The first-order valence-corrected chi connectivity index (χ1v) is 11.1. The average molecular weight is 413 g/mol. The van der Waals surface area contributed by atoms with E-state index in [0.717, 1.165) is 67.7 Å². The van der Waals surface area contributed by atoms with Crippen LogP contribution in [0.3, 0.4) is 0 Å². The topological polar surface area (TPSA) is 67.8 Å². The Balaban J connectivity index is 1.51. The molecule has 2 atom stereocenters. The van der Waals surface area contributed by atoms with Gasteiger partial charge in [-0.2, -0.15) is 0 Å². The number of hydrogen-bond acceptors (Lipinski definition) is 6. The van der Waals surface area contributed by atoms with Gasteiger partial charge in [-0.05, 0) is 51.7 Å². The van der Waals surface area contributed by atoms with Crippen molar-refractivity contribution in [1.82, 2.24) is 14.9 Å². The highest BCUT2D eigenvalue weighted by Crippen LogP contribution is 2.27. The van der Waals surface area contributed by atoms with E-state index in [9.17, 15) is 4.79 Å². The molecule has 2 aliphatic heterocycles. The molecular weight excluding hydrogens is 380 g/mol. The zero-order valence-electron chi connectivity index (χ0n) is 18.3. The molecule has 2 fully saturated rings. The number of methoxy groups -OCH3 is 1. The van der Waals surface area contributed by atoms with Gasteiger partial charge in [0.25, 0.3) is 0 Å². The predicted molar refractivity (Wildman–Crippen MR) is 117 cm³/mol. The van der Waals surface area contributed by atoms with Crippen LogP contribution in [-0.4, -0.2) is 66.8 Å². The van der Waals surface area contributed by atoms with Crippen LogP contribution in [0.4, 0.5) is 5.95 Å². The van der Waals surface area contributed by atoms with Crippen LogP contribution in [-0.2, 0) is 9.53 Å². The van der Waals surface area contributed by atoms with E-state index in [1.54, 1.807) is 7.11 Å². The fourth-order valence-electron chi connectivity index (χ4n) is 4.55. The molecule has 0 saturated carbocycles. The van der Waals surface area contributed by atoms with Crippen LogP contribution < -0.4 is 9.64 Å². The average Bonchev–Trinajstić information content (AvgIpc) is 3.30. The lowest BCUT2D eigenvalue weighted by Gasteiger charge is -2.35. The quantitative estimate of drug-likeness (QED) is 0.726. The van der Waals surface area contributed by atoms with Gasteiger partial charge < -0.3 is 19.3 Å². The Kier molecular flexibility index (Phi) is 6.37. The van der Waals surface area contributed by atoms with Crippen molar-refractivity contribution in [1.29, 1.82) is 0 Å². The highest BCUT2D eigenvalue weighted by Gasteiger charge is 2.31. The highest BCUT2D eigenvalue weighted by molar-refractivity contribution is 5.83. The Morgan fingerprint density at radius 1 is 1.30 bits per heavy atom. The molecule has 7 heteroatoms. The number of benzene rings is 1. The lowest BCUT2D eigenvalue weighted by atomic mass is 9.96. The number of aryl methyl sites for hydroxylation is 1. The van der Waals surface area contributed by atoms with Gasteiger partial charge in [0.1, 0.15) is 5.75 Å². The minimum absolute atomic E-state index is 0.0231. The molecule has 0 spiro atoms. The first-order chi connectivity index (χ1) is 14.6. The van der Waals surface area contributed by atoms with E-state index in [-0.39, 0.29) is 17.9 Å². The maximum Gasteiger partial charge on any atom is 0.227 e. The van der Waals surface area contributed by atoms with Crippen LogP contribution in [0.25, 0.3) is 10.9 Å². The summed E-state index contributed by atoms with van der Waals surface area (Å²) in [6, 6.07) is 5.88. The highest BCUT2D eigenvalue weighted by atomic mass is 16.5. The zero-order valence-corrected chi connectivity index (χ0v) is 18.3. The molecule has 2 saturated heterocycles. The largest absolute Gasteiger partial charge is 0.497 e. The van der Waals surface area contributed by atoms with Crippen LogP contribution in [0, 0.1) is 12.8 Å². The van der Waals surface area contributed by atoms with Crippen LogP contribution in [0.5, 0.6) is 5.75 Å². The predicted octanol–water partition coefficient (Wildman–Crippen LogP) is 3.19. The molecule has 0 radical (unpaired) electrons. The second-order valence-corrected chi connectivity index (χ2v) is 8.29. The first-order valence-electron chi connectivity index (χ1n) is 11.1. The molecule has 0 aliphatic carbocycles. The summed E-state index contributed by atoms with van der Waals surface area (Å²) >= 11 is 0. The van der Waals surface area contributed by atoms with Crippen LogP contribution in [0.2, 0.25) is 0 Å². The number of piperidine rings is 1. The number of amides is 1. The summed E-state index contributed by atoms with van der Waals surface area (Å²) in [4.78, 5) is 26.9. The van der Waals surface area contributed by atoms with Crippen molar-refractivity contribution in [3.05, 3.63) is 23.9 Å². The number of anilines is 1. The van der Waals surface area contributed by atoms with Gasteiger partial charge in [0.15, 0.2) is 0 Å². The fourth-order valence-corrected chi connectivity index (χ4v) is 4.55. The standard InChI is InChI=1S/C23H32N4O3/c1-4-26(15-19-8-6-12-30-19)22(28)17-7-5-11-27(14-17)23-24-16(2)20-10-9-18(29-3)13-21(20)25-23/h9-10,13,17,19H,4-8,11-12,14-15H2,1-3H3/t17-,19-/m0/s1. The molecule has 30 heavy (non-hydrogen) atoms. The third-order valence-electron chi connectivity index (χ3n) is 6.28. The number of fused-ring (bicyclic) bond motifs is 1. The monoisotopic (exact) mass is 412 g/mol. The Morgan fingerprint density at radius 3 is 2.90 bits per heavy atom. The number of rotatable bonds is 6. The van der Waals surface area contributed by atoms with Crippen molar-refractivity contribution in [3.63, 3.8) is 0 Å². The first kappa shape index (κ1) is 20.8. The van der Waals surface area contributed by atoms with Crippen molar-refractivity contribution in [3.8, 4) is 5.75 Å². The molecule has 1 aromatic carbocycles. The number of aromatic nitrogens is 2. The Bertz CT molecular complexity index is 897. The lowest BCUT2D eigenvalue weighted by molar-refractivity contribution is -0.137. The molecule has 1 amide bonds. The van der Waals surface area contributed by atoms with Gasteiger partial charge in [-0.1, -0.05) is 0 Å². The summed E-state index contributed by atoms with van der Waals surface area (Å²) < 4.78 is 11.1. The van der Waals surface area contributed by atoms with Gasteiger partial charge in [-0.25, -0.2) is 9.97 Å². The molecular formula is C23H32N4O3. The molecule has 2 aromatic rings. The number of carbonyl (C=O) groups is 1. The summed E-state index contributed by atoms with van der Waals surface area (Å²) in [5, 5.41) is 1.03. The minimum Gasteiger partial charge on any atom is -0.497 e. The number of carbonyl (C=O) groups excluding carboxylic acids is 1. The summed E-state index contributed by atoms with van der Waals surface area (Å²) in [6.07, 6.45) is 4.21. The number of nitrogens with zero attached hydrogens (tertiary/aromatic N) is 4. The Morgan fingerprint density at radius 2 is 2.17 bits per heavy atom. The van der Waals surface area contributed by atoms with E-state index in [0.29, 0.717) is 19.0 Å². The van der Waals surface area contributed by atoms with Crippen molar-refractivity contribution in [2.24, 2.45) is 5.92 Å². The summed E-state index contributed by atoms with van der Waals surface area (Å²) in [5.41, 5.74) is 1.82. The molecule has 7 nitrogen and oxygen atoms in total. The molecule has 0 N–H and O–H groups in total. The van der Waals surface area contributed by atoms with E-state index in [1.165, 1.54) is 0 Å². The Labute approximate surface area is 178 Å². The van der Waals surface area contributed by atoms with Crippen molar-refractivity contribution in [2.75, 3.05) is 44.8 Å². The van der Waals surface area contributed by atoms with Crippen LogP contribution in [0.1, 0.15) is 38.3 Å². The van der Waals surface area contributed by atoms with Crippen molar-refractivity contribution in [2.45, 2.75) is 45.6 Å². The van der Waals surface area contributed by atoms with Crippen LogP contribution in [0.15, 0.2) is 18.2 Å². The third-order valence-corrected chi connectivity index (χ3v) is 6.28. The summed E-state index contributed by atoms with van der Waals surface area (Å²) in [6.45, 7) is 7.84. The molecule has 3 heterocycles. The van der Waals surface area contributed by atoms with Gasteiger partial charge in [-0.3, -0.25) is 4.79 Å². The number of likely N-dealkylation sites (N-methyl/N-ethyl adjacent to an activating group) is 1. The van der Waals surface area contributed by atoms with Gasteiger partial charge in [-0.15, -0.1) is 0 Å². The zero-order chi connectivity index (χ0) is 21.1. The summed E-state index contributed by atoms with van der Waals surface area (Å²) in [7, 11) is 1.66. The molecule has 0 unspecified atom stereocenters. The second kappa shape index (κ2) is 9.16. The molecule has 2 aliphatic rings. The van der Waals surface area contributed by atoms with Crippen molar-refractivity contribution >= 4 is 22.8 Å². The van der Waals surface area contributed by atoms with Gasteiger partial charge in [0.05, 0.1) is 30.3 Å². The SMILES string of the molecule is CCN(C[C@@H]1CCCO1)C(=O)[C@H]1CCCN(c2nc(C)c3ccc(OC)cc3n2)C1. The van der Waals surface area contributed by atoms with E-state index in [1.807, 2.05) is 30.0 Å². The van der Waals surface area contributed by atoms with Gasteiger partial charge >= 0.3 is 0 Å². The normalized spacial score (nSPS) is 21.8. The third kappa shape index (κ3) is 4.36. The minimum atomic E-state index is -0.0231. The van der Waals surface area contributed by atoms with Gasteiger partial charge in [0, 0.05) is 44.2 Å². The number of ether oxygens (including phenoxy) is 2. The van der Waals surface area contributed by atoms with Crippen molar-refractivity contribution < 1.29 is 14.3 Å². The van der Waals surface area contributed by atoms with Gasteiger partial charge in [0.2, 0.25) is 11.9 Å². The summed E-state index contributed by atoms with van der Waals surface area (Å²) in [5.74, 6) is 1.70.